The molecule has 0 N–H and O–H groups in total. The lowest BCUT2D eigenvalue weighted by Gasteiger charge is -2.19. The molecule has 0 unspecified atom stereocenters. The number of aryl methyl sites for hydroxylation is 1. The fourth-order valence-electron chi connectivity index (χ4n) is 2.96. The summed E-state index contributed by atoms with van der Waals surface area (Å²) in [6.45, 7) is 9.07. The average molecular weight is 375 g/mol. The Balaban J connectivity index is 2.42. The van der Waals surface area contributed by atoms with Gasteiger partial charge in [-0.3, -0.25) is 4.79 Å². The quantitative estimate of drug-likeness (QED) is 0.703. The Morgan fingerprint density at radius 3 is 2.41 bits per heavy atom. The minimum Gasteiger partial charge on any atom is -0.443 e. The van der Waals surface area contributed by atoms with E-state index in [0.717, 1.165) is 34.8 Å². The van der Waals surface area contributed by atoms with Crippen LogP contribution < -0.4 is 5.69 Å². The van der Waals surface area contributed by atoms with Crippen molar-refractivity contribution < 1.29 is 14.3 Å². The first kappa shape index (κ1) is 20.9. The van der Waals surface area contributed by atoms with Gasteiger partial charge in [-0.05, 0) is 45.7 Å². The van der Waals surface area contributed by atoms with E-state index in [1.165, 1.54) is 6.20 Å². The second-order valence-corrected chi connectivity index (χ2v) is 7.79. The Kier molecular flexibility index (Phi) is 6.57. The summed E-state index contributed by atoms with van der Waals surface area (Å²) >= 11 is 0. The number of carbonyl (C=O) groups is 2. The lowest BCUT2D eigenvalue weighted by molar-refractivity contribution is 0.0537. The molecule has 0 spiro atoms. The standard InChI is InChI=1S/C20H29N3O4/c1-6-7-8-9-10-11-15(24)22-17-16(14(2)12-13-21-17)23(18(22)25)19(26)27-20(3,4)5/h12-13H,6-11H2,1-5H3. The second-order valence-electron chi connectivity index (χ2n) is 7.79. The fraction of sp³-hybridized carbons (Fsp3) is 0.600. The van der Waals surface area contributed by atoms with Crippen molar-refractivity contribution in [1.29, 1.82) is 0 Å². The number of aromatic nitrogens is 3. The lowest BCUT2D eigenvalue weighted by Crippen LogP contribution is -2.36. The number of fused-ring (bicyclic) bond motifs is 1. The van der Waals surface area contributed by atoms with Gasteiger partial charge < -0.3 is 4.74 Å². The van der Waals surface area contributed by atoms with Crippen molar-refractivity contribution in [2.45, 2.75) is 78.7 Å². The average Bonchev–Trinajstić information content (AvgIpc) is 2.86. The van der Waals surface area contributed by atoms with Crippen molar-refractivity contribution in [1.82, 2.24) is 14.1 Å². The number of hydrogen-bond acceptors (Lipinski definition) is 5. The number of rotatable bonds is 6. The molecular weight excluding hydrogens is 346 g/mol. The normalized spacial score (nSPS) is 11.7. The van der Waals surface area contributed by atoms with Crippen molar-refractivity contribution in [3.8, 4) is 0 Å². The third kappa shape index (κ3) is 4.84. The number of hydrogen-bond donors (Lipinski definition) is 0. The highest BCUT2D eigenvalue weighted by Gasteiger charge is 2.27. The zero-order valence-electron chi connectivity index (χ0n) is 16.9. The molecule has 0 aromatic carbocycles. The van der Waals surface area contributed by atoms with Gasteiger partial charge in [-0.2, -0.15) is 4.57 Å². The third-order valence-electron chi connectivity index (χ3n) is 4.24. The summed E-state index contributed by atoms with van der Waals surface area (Å²) in [5.74, 6) is -0.345. The van der Waals surface area contributed by atoms with Crippen LogP contribution in [0.5, 0.6) is 0 Å². The monoisotopic (exact) mass is 375 g/mol. The number of nitrogens with zero attached hydrogens (tertiary/aromatic N) is 3. The van der Waals surface area contributed by atoms with E-state index in [9.17, 15) is 14.4 Å². The van der Waals surface area contributed by atoms with Gasteiger partial charge >= 0.3 is 11.8 Å². The molecular formula is C20H29N3O4. The molecule has 0 aliphatic carbocycles. The highest BCUT2D eigenvalue weighted by Crippen LogP contribution is 2.18. The van der Waals surface area contributed by atoms with Crippen LogP contribution in [0.2, 0.25) is 0 Å². The number of ether oxygens (including phenoxy) is 1. The zero-order chi connectivity index (χ0) is 20.2. The van der Waals surface area contributed by atoms with Crippen LogP contribution >= 0.6 is 0 Å². The summed E-state index contributed by atoms with van der Waals surface area (Å²) in [4.78, 5) is 42.4. The summed E-state index contributed by atoms with van der Waals surface area (Å²) in [5, 5.41) is 0. The van der Waals surface area contributed by atoms with Crippen LogP contribution in [-0.2, 0) is 4.74 Å². The molecule has 0 atom stereocenters. The minimum absolute atomic E-state index is 0.199. The first-order chi connectivity index (χ1) is 12.7. The summed E-state index contributed by atoms with van der Waals surface area (Å²) in [5.41, 5.74) is -0.290. The molecule has 0 amide bonds. The van der Waals surface area contributed by atoms with E-state index in [0.29, 0.717) is 17.5 Å². The van der Waals surface area contributed by atoms with Gasteiger partial charge in [0.15, 0.2) is 5.65 Å². The van der Waals surface area contributed by atoms with E-state index in [2.05, 4.69) is 11.9 Å². The molecule has 2 aromatic heterocycles. The molecule has 2 heterocycles. The smallest absolute Gasteiger partial charge is 0.423 e. The minimum atomic E-state index is -0.803. The van der Waals surface area contributed by atoms with Crippen molar-refractivity contribution in [3.63, 3.8) is 0 Å². The lowest BCUT2D eigenvalue weighted by atomic mass is 10.1. The molecule has 0 radical (unpaired) electrons. The van der Waals surface area contributed by atoms with Crippen LogP contribution in [0.4, 0.5) is 4.79 Å². The SMILES string of the molecule is CCCCCCCC(=O)n1c(=O)n(C(=O)OC(C)(C)C)c2c(C)ccnc21. The molecule has 27 heavy (non-hydrogen) atoms. The van der Waals surface area contributed by atoms with Gasteiger partial charge in [0.2, 0.25) is 5.91 Å². The predicted molar refractivity (Wildman–Crippen MR) is 104 cm³/mol. The Morgan fingerprint density at radius 2 is 1.78 bits per heavy atom. The van der Waals surface area contributed by atoms with Gasteiger partial charge in [0.1, 0.15) is 11.1 Å². The molecule has 2 rings (SSSR count). The van der Waals surface area contributed by atoms with Crippen LogP contribution in [0, 0.1) is 6.92 Å². The maximum absolute atomic E-state index is 12.9. The zero-order valence-corrected chi connectivity index (χ0v) is 16.9. The van der Waals surface area contributed by atoms with E-state index in [1.807, 2.05) is 0 Å². The number of unbranched alkanes of at least 4 members (excludes halogenated alkanes) is 4. The third-order valence-corrected chi connectivity index (χ3v) is 4.24. The van der Waals surface area contributed by atoms with E-state index < -0.39 is 17.4 Å². The van der Waals surface area contributed by atoms with Crippen LogP contribution in [0.25, 0.3) is 11.2 Å². The van der Waals surface area contributed by atoms with Crippen molar-refractivity contribution in [2.75, 3.05) is 0 Å². The van der Waals surface area contributed by atoms with E-state index in [1.54, 1.807) is 33.8 Å². The Bertz CT molecular complexity index is 887. The second kappa shape index (κ2) is 8.50. The Hall–Kier alpha value is -2.44. The summed E-state index contributed by atoms with van der Waals surface area (Å²) in [6.07, 6.45) is 5.93. The van der Waals surface area contributed by atoms with Gasteiger partial charge in [0.25, 0.3) is 0 Å². The Morgan fingerprint density at radius 1 is 1.11 bits per heavy atom. The highest BCUT2D eigenvalue weighted by atomic mass is 16.6. The van der Waals surface area contributed by atoms with Gasteiger partial charge in [-0.15, -0.1) is 0 Å². The van der Waals surface area contributed by atoms with Crippen molar-refractivity contribution >= 4 is 23.2 Å². The van der Waals surface area contributed by atoms with Gasteiger partial charge in [0, 0.05) is 12.6 Å². The van der Waals surface area contributed by atoms with Gasteiger partial charge in [-0.25, -0.2) is 19.1 Å². The molecule has 0 saturated carbocycles. The van der Waals surface area contributed by atoms with E-state index >= 15 is 0 Å². The van der Waals surface area contributed by atoms with E-state index in [-0.39, 0.29) is 18.0 Å². The maximum Gasteiger partial charge on any atom is 0.423 e. The molecule has 0 bridgehead atoms. The predicted octanol–water partition coefficient (Wildman–Crippen LogP) is 4.29. The molecule has 7 heteroatoms. The van der Waals surface area contributed by atoms with Crippen LogP contribution in [0.1, 0.15) is 76.6 Å². The number of pyridine rings is 1. The Labute approximate surface area is 159 Å². The molecule has 0 aliphatic heterocycles. The molecule has 0 aliphatic rings. The summed E-state index contributed by atoms with van der Waals surface area (Å²) in [6, 6.07) is 1.70. The van der Waals surface area contributed by atoms with Crippen LogP contribution in [0.15, 0.2) is 17.1 Å². The van der Waals surface area contributed by atoms with Gasteiger partial charge in [0.05, 0.1) is 0 Å². The van der Waals surface area contributed by atoms with Crippen molar-refractivity contribution in [3.05, 3.63) is 28.3 Å². The number of carbonyl (C=O) groups excluding carboxylic acids is 2. The fourth-order valence-corrected chi connectivity index (χ4v) is 2.96. The van der Waals surface area contributed by atoms with Gasteiger partial charge in [-0.1, -0.05) is 32.6 Å². The van der Waals surface area contributed by atoms with Crippen molar-refractivity contribution in [2.24, 2.45) is 0 Å². The van der Waals surface area contributed by atoms with Crippen LogP contribution in [0.3, 0.4) is 0 Å². The number of imidazole rings is 1. The summed E-state index contributed by atoms with van der Waals surface area (Å²) in [7, 11) is 0. The summed E-state index contributed by atoms with van der Waals surface area (Å²) < 4.78 is 7.28. The maximum atomic E-state index is 12.9. The molecule has 2 aromatic rings. The highest BCUT2D eigenvalue weighted by molar-refractivity contribution is 5.94. The molecule has 7 nitrogen and oxygen atoms in total. The largest absolute Gasteiger partial charge is 0.443 e. The molecule has 0 fully saturated rings. The van der Waals surface area contributed by atoms with E-state index in [4.69, 9.17) is 4.74 Å². The first-order valence-corrected chi connectivity index (χ1v) is 9.53. The first-order valence-electron chi connectivity index (χ1n) is 9.53. The molecule has 148 valence electrons. The topological polar surface area (TPSA) is 83.2 Å². The molecule has 0 saturated heterocycles. The van der Waals surface area contributed by atoms with Crippen LogP contribution in [-0.4, -0.2) is 31.7 Å².